The Labute approximate surface area is 70.0 Å². The fourth-order valence-electron chi connectivity index (χ4n) is 1.56. The highest BCUT2D eigenvalue weighted by Crippen LogP contribution is 2.13. The first-order valence-electron chi connectivity index (χ1n) is 4.67. The van der Waals surface area contributed by atoms with E-state index in [4.69, 9.17) is 0 Å². The molecule has 0 aromatic heterocycles. The molecule has 0 aliphatic carbocycles. The fourth-order valence-corrected chi connectivity index (χ4v) is 1.56. The molecule has 0 aromatic rings. The Bertz CT molecular complexity index is 112. The summed E-state index contributed by atoms with van der Waals surface area (Å²) in [6.07, 6.45) is 0. The van der Waals surface area contributed by atoms with Gasteiger partial charge in [-0.3, -0.25) is 4.90 Å². The number of nitrogens with zero attached hydrogens (tertiary/aromatic N) is 1. The van der Waals surface area contributed by atoms with Gasteiger partial charge in [0.05, 0.1) is 0 Å². The van der Waals surface area contributed by atoms with Crippen LogP contribution in [0.3, 0.4) is 0 Å². The van der Waals surface area contributed by atoms with Crippen molar-refractivity contribution in [1.29, 1.82) is 0 Å². The topological polar surface area (TPSA) is 15.3 Å². The third-order valence-electron chi connectivity index (χ3n) is 2.62. The van der Waals surface area contributed by atoms with E-state index in [1.165, 1.54) is 19.6 Å². The fraction of sp³-hybridized carbons (Fsp3) is 1.00. The largest absolute Gasteiger partial charge is 0.304 e. The van der Waals surface area contributed by atoms with Crippen molar-refractivity contribution < 1.29 is 0 Å². The molecule has 0 spiro atoms. The third kappa shape index (κ3) is 2.46. The third-order valence-corrected chi connectivity index (χ3v) is 2.62. The molecule has 0 aromatic carbocycles. The molecule has 1 atom stereocenters. The van der Waals surface area contributed by atoms with Gasteiger partial charge >= 0.3 is 0 Å². The van der Waals surface area contributed by atoms with Crippen molar-refractivity contribution in [2.24, 2.45) is 11.8 Å². The normalized spacial score (nSPS) is 27.8. The Morgan fingerprint density at radius 2 is 2.27 bits per heavy atom. The number of rotatable bonds is 2. The van der Waals surface area contributed by atoms with Crippen molar-refractivity contribution in [2.75, 3.05) is 26.3 Å². The molecule has 1 heterocycles. The monoisotopic (exact) mass is 156 g/mol. The Morgan fingerprint density at radius 1 is 1.55 bits per heavy atom. The summed E-state index contributed by atoms with van der Waals surface area (Å²) in [7, 11) is 0. The van der Waals surface area contributed by atoms with Gasteiger partial charge in [-0.05, 0) is 18.4 Å². The minimum absolute atomic E-state index is 0.817. The van der Waals surface area contributed by atoms with Crippen molar-refractivity contribution in [1.82, 2.24) is 10.2 Å². The first-order valence-corrected chi connectivity index (χ1v) is 4.67. The Kier molecular flexibility index (Phi) is 3.34. The molecule has 1 N–H and O–H groups in total. The van der Waals surface area contributed by atoms with Crippen LogP contribution in [0.2, 0.25) is 0 Å². The zero-order valence-electron chi connectivity index (χ0n) is 7.93. The number of hydrogen-bond donors (Lipinski definition) is 1. The van der Waals surface area contributed by atoms with Crippen molar-refractivity contribution in [2.45, 2.75) is 20.8 Å². The molecule has 1 aliphatic rings. The van der Waals surface area contributed by atoms with E-state index in [0.29, 0.717) is 0 Å². The average Bonchev–Trinajstić information content (AvgIpc) is 2.05. The highest BCUT2D eigenvalue weighted by atomic mass is 15.2. The number of nitrogens with one attached hydrogen (secondary N) is 1. The molecular weight excluding hydrogens is 136 g/mol. The van der Waals surface area contributed by atoms with Crippen LogP contribution in [0.5, 0.6) is 0 Å². The summed E-state index contributed by atoms with van der Waals surface area (Å²) >= 11 is 0. The maximum absolute atomic E-state index is 3.44. The molecule has 1 fully saturated rings. The molecule has 1 rings (SSSR count). The van der Waals surface area contributed by atoms with Gasteiger partial charge in [-0.2, -0.15) is 0 Å². The molecular formula is C9H20N2. The van der Waals surface area contributed by atoms with E-state index in [-0.39, 0.29) is 0 Å². The van der Waals surface area contributed by atoms with E-state index in [1.807, 2.05) is 0 Å². The molecule has 0 amide bonds. The first-order chi connectivity index (χ1) is 5.24. The van der Waals surface area contributed by atoms with E-state index in [2.05, 4.69) is 31.0 Å². The van der Waals surface area contributed by atoms with Crippen LogP contribution >= 0.6 is 0 Å². The van der Waals surface area contributed by atoms with Gasteiger partial charge in [0, 0.05) is 19.8 Å². The molecule has 1 aliphatic heterocycles. The summed E-state index contributed by atoms with van der Waals surface area (Å²) < 4.78 is 0. The molecule has 0 saturated carbocycles. The van der Waals surface area contributed by atoms with Gasteiger partial charge in [-0.25, -0.2) is 0 Å². The lowest BCUT2D eigenvalue weighted by Crippen LogP contribution is -2.48. The van der Waals surface area contributed by atoms with Crippen LogP contribution in [0.4, 0.5) is 0 Å². The van der Waals surface area contributed by atoms with Crippen LogP contribution in [-0.2, 0) is 0 Å². The van der Waals surface area contributed by atoms with Gasteiger partial charge in [0.2, 0.25) is 0 Å². The number of hydrogen-bond acceptors (Lipinski definition) is 2. The van der Waals surface area contributed by atoms with Crippen molar-refractivity contribution in [3.8, 4) is 0 Å². The molecule has 1 unspecified atom stereocenters. The van der Waals surface area contributed by atoms with E-state index >= 15 is 0 Å². The predicted octanol–water partition coefficient (Wildman–Crippen LogP) is 1.14. The van der Waals surface area contributed by atoms with E-state index in [0.717, 1.165) is 18.5 Å². The molecule has 11 heavy (non-hydrogen) atoms. The van der Waals surface area contributed by atoms with Crippen molar-refractivity contribution in [3.05, 3.63) is 0 Å². The first kappa shape index (κ1) is 9.01. The smallest absolute Gasteiger partial charge is 0.0480 e. The Balaban J connectivity index is 2.33. The summed E-state index contributed by atoms with van der Waals surface area (Å²) in [4.78, 5) is 2.47. The zero-order valence-corrected chi connectivity index (χ0v) is 7.93. The van der Waals surface area contributed by atoms with Crippen LogP contribution in [-0.4, -0.2) is 31.2 Å². The second-order valence-electron chi connectivity index (χ2n) is 3.79. The van der Waals surface area contributed by atoms with Gasteiger partial charge < -0.3 is 5.32 Å². The van der Waals surface area contributed by atoms with Gasteiger partial charge in [-0.15, -0.1) is 0 Å². The maximum atomic E-state index is 3.44. The van der Waals surface area contributed by atoms with Gasteiger partial charge in [-0.1, -0.05) is 20.8 Å². The van der Waals surface area contributed by atoms with Gasteiger partial charge in [0.15, 0.2) is 0 Å². The maximum Gasteiger partial charge on any atom is 0.0480 e. The summed E-state index contributed by atoms with van der Waals surface area (Å²) in [5, 5.41) is 3.44. The molecule has 1 saturated heterocycles. The molecule has 66 valence electrons. The molecule has 2 heteroatoms. The lowest BCUT2D eigenvalue weighted by atomic mass is 9.94. The second-order valence-corrected chi connectivity index (χ2v) is 3.79. The zero-order chi connectivity index (χ0) is 8.27. The minimum Gasteiger partial charge on any atom is -0.304 e. The average molecular weight is 156 g/mol. The van der Waals surface area contributed by atoms with Gasteiger partial charge in [0.25, 0.3) is 0 Å². The quantitative estimate of drug-likeness (QED) is 0.645. The van der Waals surface area contributed by atoms with E-state index in [9.17, 15) is 0 Å². The van der Waals surface area contributed by atoms with Crippen LogP contribution in [0.15, 0.2) is 0 Å². The molecule has 2 nitrogen and oxygen atoms in total. The lowest BCUT2D eigenvalue weighted by Gasteiger charge is -2.34. The summed E-state index contributed by atoms with van der Waals surface area (Å²) in [5.41, 5.74) is 0. The van der Waals surface area contributed by atoms with Crippen LogP contribution in [0.25, 0.3) is 0 Å². The van der Waals surface area contributed by atoms with Crippen LogP contribution < -0.4 is 5.32 Å². The lowest BCUT2D eigenvalue weighted by molar-refractivity contribution is 0.146. The highest BCUT2D eigenvalue weighted by Gasteiger charge is 2.20. The minimum atomic E-state index is 0.817. The van der Waals surface area contributed by atoms with E-state index < -0.39 is 0 Å². The van der Waals surface area contributed by atoms with Crippen LogP contribution in [0, 0.1) is 11.8 Å². The highest BCUT2D eigenvalue weighted by molar-refractivity contribution is 4.74. The summed E-state index contributed by atoms with van der Waals surface area (Å²) in [5.74, 6) is 1.67. The SMILES string of the molecule is CCN1CNCC(C(C)C)C1. The summed E-state index contributed by atoms with van der Waals surface area (Å²) in [6, 6.07) is 0. The van der Waals surface area contributed by atoms with Gasteiger partial charge in [0.1, 0.15) is 0 Å². The predicted molar refractivity (Wildman–Crippen MR) is 48.4 cm³/mol. The van der Waals surface area contributed by atoms with Crippen molar-refractivity contribution >= 4 is 0 Å². The molecule has 0 bridgehead atoms. The second kappa shape index (κ2) is 4.07. The molecule has 0 radical (unpaired) electrons. The van der Waals surface area contributed by atoms with Crippen LogP contribution in [0.1, 0.15) is 20.8 Å². The standard InChI is InChI=1S/C9H20N2/c1-4-11-6-9(8(2)3)5-10-7-11/h8-10H,4-7H2,1-3H3. The summed E-state index contributed by atoms with van der Waals surface area (Å²) in [6.45, 7) is 11.6. The Morgan fingerprint density at radius 3 is 2.82 bits per heavy atom. The Hall–Kier alpha value is -0.0800. The van der Waals surface area contributed by atoms with Crippen molar-refractivity contribution in [3.63, 3.8) is 0 Å². The van der Waals surface area contributed by atoms with E-state index in [1.54, 1.807) is 0 Å².